The largest absolute Gasteiger partial charge is 0.356 e. The number of pyridine rings is 1. The third-order valence-electron chi connectivity index (χ3n) is 2.70. The zero-order valence-electron chi connectivity index (χ0n) is 10.2. The van der Waals surface area contributed by atoms with Gasteiger partial charge in [-0.1, -0.05) is 24.3 Å². The maximum Gasteiger partial charge on any atom is 0.226 e. The van der Waals surface area contributed by atoms with Gasteiger partial charge in [0.2, 0.25) is 5.91 Å². The molecular weight excluding hydrogens is 226 g/mol. The number of hydrogen-bond donors (Lipinski definition) is 2. The van der Waals surface area contributed by atoms with E-state index in [-0.39, 0.29) is 5.91 Å². The van der Waals surface area contributed by atoms with Crippen molar-refractivity contribution in [1.82, 2.24) is 10.3 Å². The molecular formula is C14H17N3O. The van der Waals surface area contributed by atoms with Crippen molar-refractivity contribution in [3.63, 3.8) is 0 Å². The van der Waals surface area contributed by atoms with E-state index in [1.807, 2.05) is 36.4 Å². The molecule has 18 heavy (non-hydrogen) atoms. The van der Waals surface area contributed by atoms with E-state index in [4.69, 9.17) is 5.73 Å². The summed E-state index contributed by atoms with van der Waals surface area (Å²) < 4.78 is 0. The molecule has 0 saturated heterocycles. The average molecular weight is 243 g/mol. The quantitative estimate of drug-likeness (QED) is 0.776. The summed E-state index contributed by atoms with van der Waals surface area (Å²) in [4.78, 5) is 16.1. The number of benzene rings is 1. The van der Waals surface area contributed by atoms with E-state index in [1.165, 1.54) is 0 Å². The first-order valence-electron chi connectivity index (χ1n) is 6.11. The Balaban J connectivity index is 2.01. The van der Waals surface area contributed by atoms with Crippen molar-refractivity contribution in [2.24, 2.45) is 5.73 Å². The van der Waals surface area contributed by atoms with E-state index in [9.17, 15) is 4.79 Å². The second-order valence-electron chi connectivity index (χ2n) is 4.16. The molecule has 0 aliphatic carbocycles. The molecule has 0 aliphatic rings. The van der Waals surface area contributed by atoms with Crippen LogP contribution < -0.4 is 11.1 Å². The Hall–Kier alpha value is -1.94. The lowest BCUT2D eigenvalue weighted by atomic mass is 10.2. The van der Waals surface area contributed by atoms with E-state index < -0.39 is 0 Å². The van der Waals surface area contributed by atoms with Gasteiger partial charge in [-0.3, -0.25) is 9.78 Å². The molecule has 1 aromatic heterocycles. The Morgan fingerprint density at radius 1 is 1.22 bits per heavy atom. The van der Waals surface area contributed by atoms with E-state index in [2.05, 4.69) is 10.3 Å². The summed E-state index contributed by atoms with van der Waals surface area (Å²) >= 11 is 0. The fraction of sp³-hybridized carbons (Fsp3) is 0.286. The molecule has 2 aromatic rings. The third-order valence-corrected chi connectivity index (χ3v) is 2.70. The van der Waals surface area contributed by atoms with Crippen LogP contribution >= 0.6 is 0 Å². The fourth-order valence-electron chi connectivity index (χ4n) is 1.76. The maximum absolute atomic E-state index is 11.6. The summed E-state index contributed by atoms with van der Waals surface area (Å²) in [6.45, 7) is 1.22. The van der Waals surface area contributed by atoms with Gasteiger partial charge in [0.05, 0.1) is 17.6 Å². The first-order valence-corrected chi connectivity index (χ1v) is 6.11. The molecule has 1 amide bonds. The van der Waals surface area contributed by atoms with Crippen molar-refractivity contribution in [1.29, 1.82) is 0 Å². The normalized spacial score (nSPS) is 10.5. The van der Waals surface area contributed by atoms with Crippen LogP contribution in [0.25, 0.3) is 10.9 Å². The zero-order chi connectivity index (χ0) is 12.8. The molecule has 0 spiro atoms. The number of carbonyl (C=O) groups excluding carboxylic acids is 1. The molecule has 3 N–H and O–H groups in total. The van der Waals surface area contributed by atoms with Crippen molar-refractivity contribution >= 4 is 16.8 Å². The monoisotopic (exact) mass is 243 g/mol. The molecule has 4 heteroatoms. The lowest BCUT2D eigenvalue weighted by molar-refractivity contribution is -0.120. The summed E-state index contributed by atoms with van der Waals surface area (Å²) in [6, 6.07) is 11.8. The van der Waals surface area contributed by atoms with Crippen LogP contribution in [0, 0.1) is 0 Å². The number of carbonyl (C=O) groups is 1. The van der Waals surface area contributed by atoms with Gasteiger partial charge in [-0.15, -0.1) is 0 Å². The van der Waals surface area contributed by atoms with Crippen LogP contribution in [0.2, 0.25) is 0 Å². The molecule has 1 heterocycles. The molecule has 1 aromatic carbocycles. The van der Waals surface area contributed by atoms with Crippen LogP contribution in [0.4, 0.5) is 0 Å². The SMILES string of the molecule is NCCCNC(=O)Cc1ccc2ccccc2n1. The highest BCUT2D eigenvalue weighted by Crippen LogP contribution is 2.11. The Morgan fingerprint density at radius 2 is 2.06 bits per heavy atom. The zero-order valence-corrected chi connectivity index (χ0v) is 10.2. The highest BCUT2D eigenvalue weighted by atomic mass is 16.1. The number of aromatic nitrogens is 1. The van der Waals surface area contributed by atoms with Gasteiger partial charge in [-0.05, 0) is 25.1 Å². The minimum Gasteiger partial charge on any atom is -0.356 e. The highest BCUT2D eigenvalue weighted by molar-refractivity contribution is 5.81. The minimum absolute atomic E-state index is 0.00812. The lowest BCUT2D eigenvalue weighted by Gasteiger charge is -2.05. The Kier molecular flexibility index (Phi) is 4.25. The van der Waals surface area contributed by atoms with Crippen LogP contribution in [0.15, 0.2) is 36.4 Å². The van der Waals surface area contributed by atoms with Gasteiger partial charge in [0, 0.05) is 11.9 Å². The smallest absolute Gasteiger partial charge is 0.226 e. The number of fused-ring (bicyclic) bond motifs is 1. The number of rotatable bonds is 5. The molecule has 2 rings (SSSR count). The number of para-hydroxylation sites is 1. The summed E-state index contributed by atoms with van der Waals surface area (Å²) in [5, 5.41) is 3.91. The predicted molar refractivity (Wildman–Crippen MR) is 72.1 cm³/mol. The molecule has 0 unspecified atom stereocenters. The molecule has 0 saturated carbocycles. The van der Waals surface area contributed by atoms with Crippen LogP contribution in [-0.2, 0) is 11.2 Å². The maximum atomic E-state index is 11.6. The number of nitrogens with one attached hydrogen (secondary N) is 1. The Labute approximate surface area is 106 Å². The topological polar surface area (TPSA) is 68.0 Å². The van der Waals surface area contributed by atoms with E-state index in [0.717, 1.165) is 23.0 Å². The molecule has 0 atom stereocenters. The van der Waals surface area contributed by atoms with Gasteiger partial charge in [0.1, 0.15) is 0 Å². The van der Waals surface area contributed by atoms with Gasteiger partial charge in [0.25, 0.3) is 0 Å². The van der Waals surface area contributed by atoms with Crippen molar-refractivity contribution < 1.29 is 4.79 Å². The number of amides is 1. The van der Waals surface area contributed by atoms with E-state index in [0.29, 0.717) is 19.5 Å². The van der Waals surface area contributed by atoms with Crippen LogP contribution in [0.3, 0.4) is 0 Å². The summed E-state index contributed by atoms with van der Waals surface area (Å²) in [7, 11) is 0. The second-order valence-corrected chi connectivity index (χ2v) is 4.16. The van der Waals surface area contributed by atoms with Crippen molar-refractivity contribution in [2.75, 3.05) is 13.1 Å². The van der Waals surface area contributed by atoms with Gasteiger partial charge < -0.3 is 11.1 Å². The number of nitrogens with zero attached hydrogens (tertiary/aromatic N) is 1. The number of hydrogen-bond acceptors (Lipinski definition) is 3. The molecule has 0 radical (unpaired) electrons. The second kappa shape index (κ2) is 6.12. The van der Waals surface area contributed by atoms with Gasteiger partial charge >= 0.3 is 0 Å². The highest BCUT2D eigenvalue weighted by Gasteiger charge is 2.04. The Morgan fingerprint density at radius 3 is 2.89 bits per heavy atom. The minimum atomic E-state index is -0.00812. The van der Waals surface area contributed by atoms with Gasteiger partial charge in [-0.2, -0.15) is 0 Å². The fourth-order valence-corrected chi connectivity index (χ4v) is 1.76. The van der Waals surface area contributed by atoms with Crippen molar-refractivity contribution in [2.45, 2.75) is 12.8 Å². The van der Waals surface area contributed by atoms with Gasteiger partial charge in [0.15, 0.2) is 0 Å². The van der Waals surface area contributed by atoms with E-state index in [1.54, 1.807) is 0 Å². The van der Waals surface area contributed by atoms with E-state index >= 15 is 0 Å². The van der Waals surface area contributed by atoms with Crippen molar-refractivity contribution in [3.8, 4) is 0 Å². The molecule has 0 fully saturated rings. The van der Waals surface area contributed by atoms with Gasteiger partial charge in [-0.25, -0.2) is 0 Å². The summed E-state index contributed by atoms with van der Waals surface area (Å²) in [6.07, 6.45) is 1.12. The predicted octanol–water partition coefficient (Wildman–Crippen LogP) is 1.24. The molecule has 0 aliphatic heterocycles. The molecule has 4 nitrogen and oxygen atoms in total. The van der Waals surface area contributed by atoms with Crippen LogP contribution in [-0.4, -0.2) is 24.0 Å². The van der Waals surface area contributed by atoms with Crippen LogP contribution in [0.5, 0.6) is 0 Å². The first-order chi connectivity index (χ1) is 8.79. The average Bonchev–Trinajstić information content (AvgIpc) is 2.39. The lowest BCUT2D eigenvalue weighted by Crippen LogP contribution is -2.27. The standard InChI is InChI=1S/C14H17N3O/c15-8-3-9-16-14(18)10-12-7-6-11-4-1-2-5-13(11)17-12/h1-2,4-7H,3,8-10,15H2,(H,16,18). The van der Waals surface area contributed by atoms with Crippen molar-refractivity contribution in [3.05, 3.63) is 42.1 Å². The molecule has 94 valence electrons. The summed E-state index contributed by atoms with van der Waals surface area (Å²) in [5.74, 6) is -0.00812. The Bertz CT molecular complexity index is 539. The third kappa shape index (κ3) is 3.28. The van der Waals surface area contributed by atoms with Crippen LogP contribution in [0.1, 0.15) is 12.1 Å². The molecule has 0 bridgehead atoms. The summed E-state index contributed by atoms with van der Waals surface area (Å²) in [5.41, 5.74) is 7.08. The first kappa shape index (κ1) is 12.5. The number of nitrogens with two attached hydrogens (primary N) is 1.